The minimum Gasteiger partial charge on any atom is -0.618 e. The summed E-state index contributed by atoms with van der Waals surface area (Å²) in [5.41, 5.74) is 1.29. The normalized spacial score (nSPS) is 22.6. The highest BCUT2D eigenvalue weighted by Crippen LogP contribution is 2.43. The highest BCUT2D eigenvalue weighted by atomic mass is 16.6. The number of allylic oxidation sites excluding steroid dienone is 1. The van der Waals surface area contributed by atoms with E-state index < -0.39 is 12.2 Å². The van der Waals surface area contributed by atoms with Crippen molar-refractivity contribution < 1.29 is 23.7 Å². The molecule has 130 valence electrons. The van der Waals surface area contributed by atoms with E-state index in [0.717, 1.165) is 24.0 Å². The number of hydrogen-bond donors (Lipinski definition) is 0. The second kappa shape index (κ2) is 6.68. The van der Waals surface area contributed by atoms with Gasteiger partial charge in [-0.1, -0.05) is 0 Å². The molecule has 0 N–H and O–H groups in total. The summed E-state index contributed by atoms with van der Waals surface area (Å²) in [5.74, 6) is 0.125. The predicted molar refractivity (Wildman–Crippen MR) is 87.2 cm³/mol. The number of esters is 1. The Morgan fingerprint density at radius 1 is 1.50 bits per heavy atom. The standard InChI is InChI=1S/C17H22N2O5/c1-4-23-16-13-7-5-6-8-14(13)18(21)10-12-9-15(22-3)17(19(12)16)24-11(2)20/h8-10,13,16H,4-7H2,1-3H3. The van der Waals surface area contributed by atoms with E-state index in [-0.39, 0.29) is 11.8 Å². The number of hydrogen-bond acceptors (Lipinski definition) is 5. The van der Waals surface area contributed by atoms with Gasteiger partial charge in [0.25, 0.3) is 0 Å². The molecule has 1 aliphatic heterocycles. The fourth-order valence-corrected chi connectivity index (χ4v) is 3.41. The molecule has 1 aliphatic carbocycles. The molecule has 0 radical (unpaired) electrons. The van der Waals surface area contributed by atoms with Crippen LogP contribution in [-0.2, 0) is 9.53 Å². The smallest absolute Gasteiger partial charge is 0.309 e. The van der Waals surface area contributed by atoms with Crippen molar-refractivity contribution in [3.63, 3.8) is 0 Å². The molecule has 1 aromatic rings. The van der Waals surface area contributed by atoms with Crippen molar-refractivity contribution in [2.24, 2.45) is 5.92 Å². The highest BCUT2D eigenvalue weighted by Gasteiger charge is 2.40. The Bertz CT molecular complexity index is 704. The van der Waals surface area contributed by atoms with Crippen LogP contribution in [0.5, 0.6) is 11.6 Å². The van der Waals surface area contributed by atoms with E-state index in [1.807, 2.05) is 13.0 Å². The lowest BCUT2D eigenvalue weighted by molar-refractivity contribution is -0.409. The first-order valence-corrected chi connectivity index (χ1v) is 8.17. The zero-order valence-electron chi connectivity index (χ0n) is 14.2. The van der Waals surface area contributed by atoms with Gasteiger partial charge in [0, 0.05) is 19.6 Å². The molecular formula is C17H22N2O5. The Morgan fingerprint density at radius 2 is 2.29 bits per heavy atom. The minimum absolute atomic E-state index is 0.0971. The van der Waals surface area contributed by atoms with E-state index in [2.05, 4.69) is 0 Å². The van der Waals surface area contributed by atoms with Crippen molar-refractivity contribution in [1.29, 1.82) is 0 Å². The third-order valence-corrected chi connectivity index (χ3v) is 4.34. The Balaban J connectivity index is 2.20. The number of rotatable bonds is 4. The molecule has 2 heterocycles. The van der Waals surface area contributed by atoms with Crippen LogP contribution >= 0.6 is 0 Å². The molecule has 0 fully saturated rings. The van der Waals surface area contributed by atoms with Gasteiger partial charge in [0.15, 0.2) is 11.4 Å². The molecule has 2 aliphatic rings. The van der Waals surface area contributed by atoms with Gasteiger partial charge < -0.3 is 19.4 Å². The molecule has 0 saturated heterocycles. The van der Waals surface area contributed by atoms with Crippen LogP contribution in [-0.4, -0.2) is 35.2 Å². The van der Waals surface area contributed by atoms with Crippen molar-refractivity contribution >= 4 is 12.2 Å². The molecule has 7 nitrogen and oxygen atoms in total. The Morgan fingerprint density at radius 3 is 2.96 bits per heavy atom. The van der Waals surface area contributed by atoms with Crippen molar-refractivity contribution in [1.82, 2.24) is 4.57 Å². The van der Waals surface area contributed by atoms with E-state index in [9.17, 15) is 10.0 Å². The Labute approximate surface area is 140 Å². The number of fused-ring (bicyclic) bond motifs is 2. The zero-order chi connectivity index (χ0) is 17.3. The second-order valence-electron chi connectivity index (χ2n) is 5.87. The number of carbonyl (C=O) groups is 1. The first-order chi connectivity index (χ1) is 11.6. The molecule has 0 spiro atoms. The molecule has 2 unspecified atom stereocenters. The van der Waals surface area contributed by atoms with E-state index in [0.29, 0.717) is 23.7 Å². The van der Waals surface area contributed by atoms with Crippen LogP contribution in [0.4, 0.5) is 0 Å². The van der Waals surface area contributed by atoms with Crippen LogP contribution in [0, 0.1) is 11.1 Å². The maximum absolute atomic E-state index is 12.6. The summed E-state index contributed by atoms with van der Waals surface area (Å²) in [5, 5.41) is 12.6. The van der Waals surface area contributed by atoms with Gasteiger partial charge in [-0.05, 0) is 32.3 Å². The van der Waals surface area contributed by atoms with E-state index in [4.69, 9.17) is 14.2 Å². The minimum atomic E-state index is -0.452. The average Bonchev–Trinajstić information content (AvgIpc) is 2.83. The Hall–Kier alpha value is -2.28. The Kier molecular flexibility index (Phi) is 4.62. The first-order valence-electron chi connectivity index (χ1n) is 8.17. The molecule has 0 aromatic carbocycles. The first kappa shape index (κ1) is 16.6. The van der Waals surface area contributed by atoms with Gasteiger partial charge in [-0.25, -0.2) is 0 Å². The fourth-order valence-electron chi connectivity index (χ4n) is 3.41. The monoisotopic (exact) mass is 334 g/mol. The van der Waals surface area contributed by atoms with Gasteiger partial charge in [0.2, 0.25) is 12.1 Å². The fraction of sp³-hybridized carbons (Fsp3) is 0.529. The van der Waals surface area contributed by atoms with E-state index in [1.165, 1.54) is 20.2 Å². The molecule has 7 heteroatoms. The quantitative estimate of drug-likeness (QED) is 0.480. The summed E-state index contributed by atoms with van der Waals surface area (Å²) in [6, 6.07) is 1.69. The van der Waals surface area contributed by atoms with Crippen molar-refractivity contribution in [3.8, 4) is 11.6 Å². The molecule has 24 heavy (non-hydrogen) atoms. The van der Waals surface area contributed by atoms with Gasteiger partial charge in [0.05, 0.1) is 13.0 Å². The van der Waals surface area contributed by atoms with E-state index in [1.54, 1.807) is 10.6 Å². The number of aromatic nitrogens is 1. The van der Waals surface area contributed by atoms with Gasteiger partial charge >= 0.3 is 5.97 Å². The van der Waals surface area contributed by atoms with Crippen molar-refractivity contribution in [2.45, 2.75) is 39.3 Å². The largest absolute Gasteiger partial charge is 0.618 e. The second-order valence-corrected chi connectivity index (χ2v) is 5.87. The molecule has 0 saturated carbocycles. The summed E-state index contributed by atoms with van der Waals surface area (Å²) in [4.78, 5) is 11.5. The van der Waals surface area contributed by atoms with Gasteiger partial charge in [0.1, 0.15) is 11.9 Å². The van der Waals surface area contributed by atoms with Gasteiger partial charge in [-0.2, -0.15) is 4.74 Å². The van der Waals surface area contributed by atoms with Crippen LogP contribution < -0.4 is 9.47 Å². The predicted octanol–water partition coefficient (Wildman–Crippen LogP) is 2.58. The summed E-state index contributed by atoms with van der Waals surface area (Å²) in [7, 11) is 1.50. The summed E-state index contributed by atoms with van der Waals surface area (Å²) in [6.07, 6.45) is 5.74. The van der Waals surface area contributed by atoms with Crippen LogP contribution in [0.25, 0.3) is 0 Å². The highest BCUT2D eigenvalue weighted by molar-refractivity contribution is 5.78. The van der Waals surface area contributed by atoms with E-state index >= 15 is 0 Å². The average molecular weight is 334 g/mol. The molecule has 1 aromatic heterocycles. The molecule has 0 bridgehead atoms. The lowest BCUT2D eigenvalue weighted by atomic mass is 9.90. The summed E-state index contributed by atoms with van der Waals surface area (Å²) < 4.78 is 19.3. The molecule has 0 amide bonds. The lowest BCUT2D eigenvalue weighted by Crippen LogP contribution is -2.27. The molecule has 3 rings (SSSR count). The number of nitrogens with zero attached hydrogens (tertiary/aromatic N) is 2. The topological polar surface area (TPSA) is 75.8 Å². The number of carbonyl (C=O) groups excluding carboxylic acids is 1. The lowest BCUT2D eigenvalue weighted by Gasteiger charge is -2.29. The summed E-state index contributed by atoms with van der Waals surface area (Å²) in [6.45, 7) is 3.72. The maximum Gasteiger partial charge on any atom is 0.309 e. The van der Waals surface area contributed by atoms with Crippen LogP contribution in [0.3, 0.4) is 0 Å². The maximum atomic E-state index is 12.6. The number of methoxy groups -OCH3 is 1. The van der Waals surface area contributed by atoms with Gasteiger partial charge in [-0.3, -0.25) is 9.36 Å². The third-order valence-electron chi connectivity index (χ3n) is 4.34. The number of ether oxygens (including phenoxy) is 3. The van der Waals surface area contributed by atoms with Crippen molar-refractivity contribution in [3.05, 3.63) is 28.7 Å². The van der Waals surface area contributed by atoms with Crippen molar-refractivity contribution in [2.75, 3.05) is 13.7 Å². The van der Waals surface area contributed by atoms with Crippen LogP contribution in [0.1, 0.15) is 45.0 Å². The SMILES string of the molecule is CCOC1C2CCCC=C2[N+]([O-])=Cc2cc(OC)c(OC(C)=O)n21. The van der Waals surface area contributed by atoms with Gasteiger partial charge in [-0.15, -0.1) is 0 Å². The number of hydroxylamine groups is 1. The van der Waals surface area contributed by atoms with Crippen LogP contribution in [0.2, 0.25) is 0 Å². The van der Waals surface area contributed by atoms with Crippen LogP contribution in [0.15, 0.2) is 17.8 Å². The third kappa shape index (κ3) is 2.80. The molecular weight excluding hydrogens is 312 g/mol. The summed E-state index contributed by atoms with van der Waals surface area (Å²) >= 11 is 0. The molecule has 2 atom stereocenters. The zero-order valence-corrected chi connectivity index (χ0v) is 14.2.